The van der Waals surface area contributed by atoms with Crippen LogP contribution in [-0.2, 0) is 26.3 Å². The van der Waals surface area contributed by atoms with Gasteiger partial charge in [-0.05, 0) is 48.4 Å². The molecule has 146 valence electrons. The molecule has 1 saturated heterocycles. The van der Waals surface area contributed by atoms with Gasteiger partial charge in [-0.1, -0.05) is 24.6 Å². The molecule has 0 atom stereocenters. The fourth-order valence-electron chi connectivity index (χ4n) is 2.89. The summed E-state index contributed by atoms with van der Waals surface area (Å²) in [6.45, 7) is 1.75. The second kappa shape index (κ2) is 7.43. The molecule has 1 aliphatic heterocycles. The number of halogens is 1. The van der Waals surface area contributed by atoms with Crippen LogP contribution >= 0.6 is 11.6 Å². The molecule has 0 bridgehead atoms. The van der Waals surface area contributed by atoms with Gasteiger partial charge < -0.3 is 4.74 Å². The van der Waals surface area contributed by atoms with Crippen LogP contribution in [-0.4, -0.2) is 46.6 Å². The Kier molecular flexibility index (Phi) is 5.54. The number of sulfonamides is 1. The number of methoxy groups -OCH3 is 1. The van der Waals surface area contributed by atoms with Gasteiger partial charge in [-0.15, -0.1) is 0 Å². The first-order valence-corrected chi connectivity index (χ1v) is 11.7. The Balaban J connectivity index is 1.84. The molecule has 3 rings (SSSR count). The van der Waals surface area contributed by atoms with Crippen LogP contribution in [0.25, 0.3) is 0 Å². The minimum Gasteiger partial charge on any atom is -0.495 e. The monoisotopic (exact) mass is 429 g/mol. The third-order valence-corrected chi connectivity index (χ3v) is 8.86. The minimum absolute atomic E-state index is 0.0618. The van der Waals surface area contributed by atoms with E-state index in [1.165, 1.54) is 35.7 Å². The predicted octanol–water partition coefficient (Wildman–Crippen LogP) is 2.76. The van der Waals surface area contributed by atoms with E-state index in [4.69, 9.17) is 16.3 Å². The standard InChI is InChI=1S/C18H20ClNO5S2/c1-3-13-4-9-17(25-2)18(10-13)27(23,24)20-11-16(12-20)26(21,22)15-7-5-14(19)6-8-15/h4-10,16H,3,11-12H2,1-2H3. The van der Waals surface area contributed by atoms with Crippen LogP contribution in [0.5, 0.6) is 5.75 Å². The van der Waals surface area contributed by atoms with Crippen LogP contribution in [0.3, 0.4) is 0 Å². The third kappa shape index (κ3) is 3.71. The van der Waals surface area contributed by atoms with Crippen molar-refractivity contribution >= 4 is 31.5 Å². The zero-order chi connectivity index (χ0) is 19.8. The summed E-state index contributed by atoms with van der Waals surface area (Å²) in [6, 6.07) is 10.9. The van der Waals surface area contributed by atoms with Gasteiger partial charge in [0.15, 0.2) is 9.84 Å². The molecule has 6 nitrogen and oxygen atoms in total. The highest BCUT2D eigenvalue weighted by Crippen LogP contribution is 2.33. The lowest BCUT2D eigenvalue weighted by Gasteiger charge is -2.37. The van der Waals surface area contributed by atoms with Gasteiger partial charge in [0.1, 0.15) is 10.6 Å². The van der Waals surface area contributed by atoms with Gasteiger partial charge in [-0.25, -0.2) is 16.8 Å². The zero-order valence-electron chi connectivity index (χ0n) is 14.9. The Morgan fingerprint density at radius 1 is 1.07 bits per heavy atom. The molecule has 1 aliphatic rings. The lowest BCUT2D eigenvalue weighted by Crippen LogP contribution is -2.56. The van der Waals surface area contributed by atoms with Crippen molar-refractivity contribution in [3.8, 4) is 5.75 Å². The van der Waals surface area contributed by atoms with Gasteiger partial charge in [0, 0.05) is 18.1 Å². The maximum atomic E-state index is 12.9. The van der Waals surface area contributed by atoms with Crippen molar-refractivity contribution < 1.29 is 21.6 Å². The van der Waals surface area contributed by atoms with Crippen LogP contribution in [0.1, 0.15) is 12.5 Å². The zero-order valence-corrected chi connectivity index (χ0v) is 17.3. The van der Waals surface area contributed by atoms with Crippen molar-refractivity contribution in [1.29, 1.82) is 0 Å². The maximum absolute atomic E-state index is 12.9. The van der Waals surface area contributed by atoms with Gasteiger partial charge >= 0.3 is 0 Å². The number of ether oxygens (including phenoxy) is 1. The third-order valence-electron chi connectivity index (χ3n) is 4.65. The maximum Gasteiger partial charge on any atom is 0.246 e. The molecule has 0 spiro atoms. The molecule has 2 aromatic carbocycles. The number of hydrogen-bond donors (Lipinski definition) is 0. The highest BCUT2D eigenvalue weighted by Gasteiger charge is 2.45. The van der Waals surface area contributed by atoms with E-state index in [-0.39, 0.29) is 28.6 Å². The smallest absolute Gasteiger partial charge is 0.246 e. The molecular formula is C18H20ClNO5S2. The minimum atomic E-state index is -3.84. The average Bonchev–Trinajstić information content (AvgIpc) is 2.59. The first kappa shape index (κ1) is 20.1. The molecule has 0 radical (unpaired) electrons. The summed E-state index contributed by atoms with van der Waals surface area (Å²) < 4.78 is 57.6. The van der Waals surface area contributed by atoms with E-state index in [2.05, 4.69) is 0 Å². The van der Waals surface area contributed by atoms with Crippen molar-refractivity contribution in [1.82, 2.24) is 4.31 Å². The number of nitrogens with zero attached hydrogens (tertiary/aromatic N) is 1. The van der Waals surface area contributed by atoms with E-state index >= 15 is 0 Å². The topological polar surface area (TPSA) is 80.8 Å². The van der Waals surface area contributed by atoms with Gasteiger partial charge in [0.25, 0.3) is 0 Å². The van der Waals surface area contributed by atoms with E-state index in [0.717, 1.165) is 5.56 Å². The molecule has 2 aromatic rings. The Bertz CT molecular complexity index is 1040. The number of sulfone groups is 1. The molecule has 1 heterocycles. The SMILES string of the molecule is CCc1ccc(OC)c(S(=O)(=O)N2CC(S(=O)(=O)c3ccc(Cl)cc3)C2)c1. The number of hydrogen-bond acceptors (Lipinski definition) is 5. The van der Waals surface area contributed by atoms with Gasteiger partial charge in [0.2, 0.25) is 10.0 Å². The Labute approximate surface area is 164 Å². The van der Waals surface area contributed by atoms with Crippen molar-refractivity contribution in [2.45, 2.75) is 28.4 Å². The summed E-state index contributed by atoms with van der Waals surface area (Å²) in [5, 5.41) is -0.344. The summed E-state index contributed by atoms with van der Waals surface area (Å²) in [5.74, 6) is 0.246. The summed E-state index contributed by atoms with van der Waals surface area (Å²) in [6.07, 6.45) is 0.681. The van der Waals surface area contributed by atoms with E-state index in [9.17, 15) is 16.8 Å². The first-order chi connectivity index (χ1) is 12.7. The molecule has 9 heteroatoms. The predicted molar refractivity (Wildman–Crippen MR) is 104 cm³/mol. The molecule has 0 N–H and O–H groups in total. The van der Waals surface area contributed by atoms with Crippen molar-refractivity contribution in [3.63, 3.8) is 0 Å². The highest BCUT2D eigenvalue weighted by atomic mass is 35.5. The second-order valence-corrected chi connectivity index (χ2v) is 10.9. The van der Waals surface area contributed by atoms with Gasteiger partial charge in [0.05, 0.1) is 17.3 Å². The van der Waals surface area contributed by atoms with Crippen LogP contribution in [0.2, 0.25) is 5.02 Å². The Morgan fingerprint density at radius 3 is 2.26 bits per heavy atom. The fourth-order valence-corrected chi connectivity index (χ4v) is 6.60. The van der Waals surface area contributed by atoms with E-state index in [1.807, 2.05) is 13.0 Å². The van der Waals surface area contributed by atoms with Crippen LogP contribution < -0.4 is 4.74 Å². The summed E-state index contributed by atoms with van der Waals surface area (Å²) in [4.78, 5) is 0.200. The second-order valence-electron chi connectivity index (χ2n) is 6.28. The molecule has 0 saturated carbocycles. The van der Waals surface area contributed by atoms with Crippen LogP contribution in [0.15, 0.2) is 52.3 Å². The van der Waals surface area contributed by atoms with Gasteiger partial charge in [-0.3, -0.25) is 0 Å². The number of benzene rings is 2. The highest BCUT2D eigenvalue weighted by molar-refractivity contribution is 7.92. The van der Waals surface area contributed by atoms with Crippen molar-refractivity contribution in [2.24, 2.45) is 0 Å². The van der Waals surface area contributed by atoms with E-state index in [1.54, 1.807) is 12.1 Å². The lowest BCUT2D eigenvalue weighted by molar-refractivity contribution is 0.307. The molecule has 0 amide bonds. The van der Waals surface area contributed by atoms with Crippen LogP contribution in [0.4, 0.5) is 0 Å². The Hall–Kier alpha value is -1.61. The van der Waals surface area contributed by atoms with Crippen molar-refractivity contribution in [2.75, 3.05) is 20.2 Å². The Morgan fingerprint density at radius 2 is 1.70 bits per heavy atom. The van der Waals surface area contributed by atoms with Crippen LogP contribution in [0, 0.1) is 0 Å². The van der Waals surface area contributed by atoms with Gasteiger partial charge in [-0.2, -0.15) is 4.31 Å². The normalized spacial score (nSPS) is 16.1. The molecule has 27 heavy (non-hydrogen) atoms. The van der Waals surface area contributed by atoms with E-state index in [0.29, 0.717) is 11.4 Å². The molecule has 0 aliphatic carbocycles. The lowest BCUT2D eigenvalue weighted by atomic mass is 10.2. The molecule has 0 aromatic heterocycles. The quantitative estimate of drug-likeness (QED) is 0.705. The summed E-state index contributed by atoms with van der Waals surface area (Å²) in [7, 11) is -6.05. The molecular weight excluding hydrogens is 410 g/mol. The summed E-state index contributed by atoms with van der Waals surface area (Å²) in [5.41, 5.74) is 0.861. The van der Waals surface area contributed by atoms with Crippen molar-refractivity contribution in [3.05, 3.63) is 53.1 Å². The van der Waals surface area contributed by atoms with E-state index < -0.39 is 25.1 Å². The average molecular weight is 430 g/mol. The molecule has 1 fully saturated rings. The fraction of sp³-hybridized carbons (Fsp3) is 0.333. The first-order valence-electron chi connectivity index (χ1n) is 8.36. The number of aryl methyl sites for hydroxylation is 1. The number of rotatable bonds is 6. The summed E-state index contributed by atoms with van der Waals surface area (Å²) >= 11 is 5.80. The largest absolute Gasteiger partial charge is 0.495 e. The molecule has 0 unspecified atom stereocenters.